The molecule has 25 heavy (non-hydrogen) atoms. The maximum atomic E-state index is 13.2. The molecular weight excluding hydrogens is 345 g/mol. The van der Waals surface area contributed by atoms with Crippen LogP contribution in [0.2, 0.25) is 0 Å². The first kappa shape index (κ1) is 16.3. The van der Waals surface area contributed by atoms with Crippen LogP contribution in [0, 0.1) is 5.82 Å². The number of nitrogens with one attached hydrogen (secondary N) is 1. The summed E-state index contributed by atoms with van der Waals surface area (Å²) in [6, 6.07) is 4.11. The lowest BCUT2D eigenvalue weighted by Gasteiger charge is -2.33. The molecule has 0 spiro atoms. The number of nitrogens with zero attached hydrogens (tertiary/aromatic N) is 2. The van der Waals surface area contributed by atoms with Crippen molar-refractivity contribution in [2.45, 2.75) is 37.8 Å². The van der Waals surface area contributed by atoms with E-state index in [2.05, 4.69) is 10.3 Å². The van der Waals surface area contributed by atoms with Crippen LogP contribution >= 0.6 is 11.3 Å². The van der Waals surface area contributed by atoms with Crippen LogP contribution in [-0.4, -0.2) is 46.9 Å². The van der Waals surface area contributed by atoms with Gasteiger partial charge in [0.05, 0.1) is 10.2 Å². The Bertz CT molecular complexity index is 817. The minimum Gasteiger partial charge on any atom is -0.467 e. The molecule has 1 N–H and O–H groups in total. The number of thiazole rings is 1. The number of piperidine rings is 1. The van der Waals surface area contributed by atoms with E-state index >= 15 is 0 Å². The Morgan fingerprint density at radius 2 is 2.12 bits per heavy atom. The lowest BCUT2D eigenvalue weighted by atomic mass is 10.1. The number of hydrogen-bond acceptors (Lipinski definition) is 5. The fraction of sp³-hybridized carbons (Fsp3) is 0.471. The van der Waals surface area contributed by atoms with Crippen molar-refractivity contribution in [1.82, 2.24) is 15.2 Å². The van der Waals surface area contributed by atoms with Crippen molar-refractivity contribution < 1.29 is 18.7 Å². The summed E-state index contributed by atoms with van der Waals surface area (Å²) in [7, 11) is 0. The highest BCUT2D eigenvalue weighted by Gasteiger charge is 2.33. The third-order valence-corrected chi connectivity index (χ3v) is 5.55. The maximum Gasteiger partial charge on any atom is 0.274 e. The molecule has 2 aliphatic heterocycles. The number of carbonyl (C=O) groups is 2. The molecule has 6 nitrogen and oxygen atoms in total. The molecule has 8 heteroatoms. The summed E-state index contributed by atoms with van der Waals surface area (Å²) in [5, 5.41) is 3.26. The predicted octanol–water partition coefficient (Wildman–Crippen LogP) is 2.08. The van der Waals surface area contributed by atoms with Gasteiger partial charge in [-0.25, -0.2) is 9.37 Å². The Morgan fingerprint density at radius 3 is 2.84 bits per heavy atom. The Kier molecular flexibility index (Phi) is 4.29. The van der Waals surface area contributed by atoms with Crippen LogP contribution in [-0.2, 0) is 9.59 Å². The second-order valence-electron chi connectivity index (χ2n) is 6.39. The summed E-state index contributed by atoms with van der Waals surface area (Å²) in [5.41, 5.74) is 0.728. The van der Waals surface area contributed by atoms with Gasteiger partial charge in [-0.2, -0.15) is 0 Å². The van der Waals surface area contributed by atoms with Gasteiger partial charge in [0, 0.05) is 32.4 Å². The van der Waals surface area contributed by atoms with E-state index in [4.69, 9.17) is 4.74 Å². The summed E-state index contributed by atoms with van der Waals surface area (Å²) in [4.78, 5) is 29.8. The van der Waals surface area contributed by atoms with Crippen LogP contribution in [0.4, 0.5) is 4.39 Å². The number of aromatic nitrogens is 1. The molecule has 2 fully saturated rings. The number of amides is 2. The molecule has 2 amide bonds. The van der Waals surface area contributed by atoms with Crippen molar-refractivity contribution in [3.63, 3.8) is 0 Å². The van der Waals surface area contributed by atoms with Gasteiger partial charge in [-0.05, 0) is 24.6 Å². The second kappa shape index (κ2) is 6.59. The average molecular weight is 363 g/mol. The van der Waals surface area contributed by atoms with Crippen molar-refractivity contribution in [3.8, 4) is 5.19 Å². The van der Waals surface area contributed by atoms with Crippen LogP contribution in [0.3, 0.4) is 0 Å². The van der Waals surface area contributed by atoms with Gasteiger partial charge >= 0.3 is 0 Å². The lowest BCUT2D eigenvalue weighted by Crippen LogP contribution is -2.49. The number of hydrogen-bond donors (Lipinski definition) is 1. The summed E-state index contributed by atoms with van der Waals surface area (Å²) in [6.07, 6.45) is 2.44. The molecule has 0 aliphatic carbocycles. The summed E-state index contributed by atoms with van der Waals surface area (Å²) >= 11 is 1.33. The highest BCUT2D eigenvalue weighted by Crippen LogP contribution is 2.30. The van der Waals surface area contributed by atoms with Crippen LogP contribution in [0.25, 0.3) is 10.2 Å². The number of fused-ring (bicyclic) bond motifs is 1. The lowest BCUT2D eigenvalue weighted by molar-refractivity contribution is -0.136. The van der Waals surface area contributed by atoms with Crippen LogP contribution in [0.15, 0.2) is 18.2 Å². The first-order chi connectivity index (χ1) is 12.1. The summed E-state index contributed by atoms with van der Waals surface area (Å²) in [6.45, 7) is 1.21. The van der Waals surface area contributed by atoms with E-state index in [1.807, 2.05) is 0 Å². The first-order valence-corrected chi connectivity index (χ1v) is 9.21. The molecule has 1 atom stereocenters. The van der Waals surface area contributed by atoms with Crippen LogP contribution in [0.1, 0.15) is 25.7 Å². The zero-order chi connectivity index (χ0) is 17.4. The van der Waals surface area contributed by atoms with Crippen molar-refractivity contribution in [2.75, 3.05) is 13.1 Å². The van der Waals surface area contributed by atoms with Crippen LogP contribution < -0.4 is 10.1 Å². The molecule has 0 radical (unpaired) electrons. The molecule has 0 saturated carbocycles. The number of rotatable bonds is 3. The Morgan fingerprint density at radius 1 is 1.32 bits per heavy atom. The van der Waals surface area contributed by atoms with E-state index in [1.165, 1.54) is 23.5 Å². The molecule has 1 unspecified atom stereocenters. The van der Waals surface area contributed by atoms with E-state index in [9.17, 15) is 14.0 Å². The number of benzene rings is 1. The quantitative estimate of drug-likeness (QED) is 0.906. The van der Waals surface area contributed by atoms with Gasteiger partial charge in [-0.1, -0.05) is 11.3 Å². The molecule has 132 valence electrons. The van der Waals surface area contributed by atoms with E-state index < -0.39 is 0 Å². The maximum absolute atomic E-state index is 13.2. The SMILES string of the molecule is O=C1CCC(C(=O)N2CCC(Oc3nc4ccc(F)cc4s3)CC2)N1. The smallest absolute Gasteiger partial charge is 0.274 e. The molecule has 1 aromatic carbocycles. The topological polar surface area (TPSA) is 71.5 Å². The summed E-state index contributed by atoms with van der Waals surface area (Å²) in [5.74, 6) is -0.336. The van der Waals surface area contributed by atoms with Gasteiger partial charge in [0.1, 0.15) is 18.0 Å². The van der Waals surface area contributed by atoms with Gasteiger partial charge in [0.25, 0.3) is 5.19 Å². The largest absolute Gasteiger partial charge is 0.467 e. The third-order valence-electron chi connectivity index (χ3n) is 4.65. The predicted molar refractivity (Wildman–Crippen MR) is 91.0 cm³/mol. The molecular formula is C17H18FN3O3S. The molecule has 1 aromatic heterocycles. The number of carbonyl (C=O) groups excluding carboxylic acids is 2. The Balaban J connectivity index is 1.33. The fourth-order valence-corrected chi connectivity index (χ4v) is 4.19. The Hall–Kier alpha value is -2.22. The summed E-state index contributed by atoms with van der Waals surface area (Å²) < 4.78 is 19.9. The van der Waals surface area contributed by atoms with Gasteiger partial charge in [-0.15, -0.1) is 0 Å². The third kappa shape index (κ3) is 3.44. The normalized spacial score (nSPS) is 21.6. The van der Waals surface area contributed by atoms with E-state index in [0.29, 0.717) is 31.1 Å². The highest BCUT2D eigenvalue weighted by molar-refractivity contribution is 7.20. The van der Waals surface area contributed by atoms with Gasteiger partial charge in [-0.3, -0.25) is 9.59 Å². The molecule has 0 bridgehead atoms. The zero-order valence-corrected chi connectivity index (χ0v) is 14.4. The van der Waals surface area contributed by atoms with Gasteiger partial charge in [0.15, 0.2) is 0 Å². The van der Waals surface area contributed by atoms with Crippen molar-refractivity contribution in [1.29, 1.82) is 0 Å². The molecule has 2 saturated heterocycles. The standard InChI is InChI=1S/C17H18FN3O3S/c18-10-1-2-12-14(9-10)25-17(20-12)24-11-5-7-21(8-6-11)16(23)13-3-4-15(22)19-13/h1-2,9,11,13H,3-8H2,(H,19,22). The minimum absolute atomic E-state index is 0.000220. The minimum atomic E-state index is -0.371. The zero-order valence-electron chi connectivity index (χ0n) is 13.5. The average Bonchev–Trinajstić information content (AvgIpc) is 3.20. The van der Waals surface area contributed by atoms with Crippen LogP contribution in [0.5, 0.6) is 5.19 Å². The number of halogens is 1. The second-order valence-corrected chi connectivity index (χ2v) is 7.39. The fourth-order valence-electron chi connectivity index (χ4n) is 3.28. The molecule has 2 aromatic rings. The van der Waals surface area contributed by atoms with Gasteiger partial charge in [0.2, 0.25) is 11.8 Å². The number of likely N-dealkylation sites (tertiary alicyclic amines) is 1. The first-order valence-electron chi connectivity index (χ1n) is 8.39. The van der Waals surface area contributed by atoms with Gasteiger partial charge < -0.3 is 15.0 Å². The van der Waals surface area contributed by atoms with Crippen molar-refractivity contribution >= 4 is 33.4 Å². The molecule has 3 heterocycles. The number of ether oxygens (including phenoxy) is 1. The van der Waals surface area contributed by atoms with Crippen molar-refractivity contribution in [2.24, 2.45) is 0 Å². The monoisotopic (exact) mass is 363 g/mol. The van der Waals surface area contributed by atoms with Crippen molar-refractivity contribution in [3.05, 3.63) is 24.0 Å². The van der Waals surface area contributed by atoms with E-state index in [-0.39, 0.29) is 29.8 Å². The molecule has 4 rings (SSSR count). The molecule has 2 aliphatic rings. The van der Waals surface area contributed by atoms with E-state index in [0.717, 1.165) is 23.1 Å². The highest BCUT2D eigenvalue weighted by atomic mass is 32.1. The Labute approximate surface area is 148 Å². The van der Waals surface area contributed by atoms with E-state index in [1.54, 1.807) is 11.0 Å².